The molecule has 0 radical (unpaired) electrons. The first-order valence-corrected chi connectivity index (χ1v) is 7.03. The van der Waals surface area contributed by atoms with E-state index in [0.29, 0.717) is 19.7 Å². The fraction of sp³-hybridized carbons (Fsp3) is 0.769. The third kappa shape index (κ3) is 5.56. The van der Waals surface area contributed by atoms with Crippen molar-refractivity contribution in [3.05, 3.63) is 0 Å². The maximum Gasteiger partial charge on any atom is 0.321 e. The van der Waals surface area contributed by atoms with Crippen molar-refractivity contribution < 1.29 is 19.1 Å². The lowest BCUT2D eigenvalue weighted by Crippen LogP contribution is -2.47. The van der Waals surface area contributed by atoms with E-state index in [2.05, 4.69) is 10.6 Å². The van der Waals surface area contributed by atoms with E-state index in [-0.39, 0.29) is 24.3 Å². The number of nitrogens with zero attached hydrogens (tertiary/aromatic N) is 1. The number of amides is 3. The van der Waals surface area contributed by atoms with Crippen molar-refractivity contribution in [3.8, 4) is 0 Å². The minimum absolute atomic E-state index is 0.118. The van der Waals surface area contributed by atoms with Crippen LogP contribution in [0.2, 0.25) is 0 Å². The molecule has 1 aliphatic rings. The van der Waals surface area contributed by atoms with E-state index in [0.717, 1.165) is 19.4 Å². The van der Waals surface area contributed by atoms with Crippen LogP contribution >= 0.6 is 0 Å². The SMILES string of the molecule is CCNC(=O)NC(=O)CN1CCC[C@@H](C(=O)OCC)C1. The second-order valence-corrected chi connectivity index (χ2v) is 4.73. The summed E-state index contributed by atoms with van der Waals surface area (Å²) in [6, 6.07) is -0.489. The highest BCUT2D eigenvalue weighted by Gasteiger charge is 2.27. The van der Waals surface area contributed by atoms with E-state index < -0.39 is 6.03 Å². The van der Waals surface area contributed by atoms with E-state index in [1.807, 2.05) is 4.90 Å². The molecule has 1 atom stereocenters. The molecular weight excluding hydrogens is 262 g/mol. The molecule has 1 fully saturated rings. The zero-order valence-electron chi connectivity index (χ0n) is 12.1. The molecule has 0 saturated carbocycles. The lowest BCUT2D eigenvalue weighted by Gasteiger charge is -2.30. The van der Waals surface area contributed by atoms with Crippen LogP contribution in [0.3, 0.4) is 0 Å². The van der Waals surface area contributed by atoms with Gasteiger partial charge in [0.15, 0.2) is 0 Å². The van der Waals surface area contributed by atoms with Crippen molar-refractivity contribution in [2.24, 2.45) is 5.92 Å². The molecule has 1 aliphatic heterocycles. The van der Waals surface area contributed by atoms with Gasteiger partial charge in [-0.25, -0.2) is 4.79 Å². The van der Waals surface area contributed by atoms with Crippen LogP contribution in [0.4, 0.5) is 4.79 Å². The van der Waals surface area contributed by atoms with Gasteiger partial charge in [-0.3, -0.25) is 19.8 Å². The number of urea groups is 1. The normalized spacial score (nSPS) is 19.2. The Kier molecular flexibility index (Phi) is 7.00. The largest absolute Gasteiger partial charge is 0.466 e. The molecule has 7 heteroatoms. The number of hydrogen-bond acceptors (Lipinski definition) is 5. The number of carbonyl (C=O) groups is 3. The number of carbonyl (C=O) groups excluding carboxylic acids is 3. The van der Waals surface area contributed by atoms with Crippen molar-refractivity contribution in [1.29, 1.82) is 0 Å². The second-order valence-electron chi connectivity index (χ2n) is 4.73. The first-order valence-electron chi connectivity index (χ1n) is 7.03. The van der Waals surface area contributed by atoms with Crippen molar-refractivity contribution in [3.63, 3.8) is 0 Å². The van der Waals surface area contributed by atoms with Crippen LogP contribution in [-0.2, 0) is 14.3 Å². The van der Waals surface area contributed by atoms with E-state index in [9.17, 15) is 14.4 Å². The molecule has 0 aromatic heterocycles. The molecule has 0 aliphatic carbocycles. The van der Waals surface area contributed by atoms with Crippen LogP contribution in [0.1, 0.15) is 26.7 Å². The van der Waals surface area contributed by atoms with Gasteiger partial charge in [0.1, 0.15) is 0 Å². The Morgan fingerprint density at radius 3 is 2.70 bits per heavy atom. The maximum atomic E-state index is 11.7. The summed E-state index contributed by atoms with van der Waals surface area (Å²) in [5.41, 5.74) is 0. The van der Waals surface area contributed by atoms with Gasteiger partial charge in [-0.1, -0.05) is 0 Å². The maximum absolute atomic E-state index is 11.7. The first kappa shape index (κ1) is 16.4. The van der Waals surface area contributed by atoms with Gasteiger partial charge in [0, 0.05) is 13.1 Å². The van der Waals surface area contributed by atoms with Crippen LogP contribution < -0.4 is 10.6 Å². The average molecular weight is 285 g/mol. The highest BCUT2D eigenvalue weighted by molar-refractivity contribution is 5.95. The number of ether oxygens (including phenoxy) is 1. The summed E-state index contributed by atoms with van der Waals surface area (Å²) in [7, 11) is 0. The lowest BCUT2D eigenvalue weighted by atomic mass is 9.98. The summed E-state index contributed by atoms with van der Waals surface area (Å²) in [5.74, 6) is -0.747. The van der Waals surface area contributed by atoms with E-state index in [4.69, 9.17) is 4.74 Å². The predicted octanol–water partition coefficient (Wildman–Crippen LogP) is 0.107. The van der Waals surface area contributed by atoms with Crippen LogP contribution in [0.15, 0.2) is 0 Å². The lowest BCUT2D eigenvalue weighted by molar-refractivity contribution is -0.150. The first-order chi connectivity index (χ1) is 9.56. The average Bonchev–Trinajstić information content (AvgIpc) is 2.39. The monoisotopic (exact) mass is 285 g/mol. The van der Waals surface area contributed by atoms with Crippen molar-refractivity contribution >= 4 is 17.9 Å². The number of hydrogen-bond donors (Lipinski definition) is 2. The van der Waals surface area contributed by atoms with Crippen molar-refractivity contribution in [2.45, 2.75) is 26.7 Å². The molecule has 1 rings (SSSR count). The molecule has 7 nitrogen and oxygen atoms in total. The molecule has 0 spiro atoms. The van der Waals surface area contributed by atoms with E-state index >= 15 is 0 Å². The van der Waals surface area contributed by atoms with Gasteiger partial charge in [0.05, 0.1) is 19.1 Å². The Labute approximate surface area is 119 Å². The fourth-order valence-electron chi connectivity index (χ4n) is 2.23. The number of esters is 1. The van der Waals surface area contributed by atoms with Crippen molar-refractivity contribution in [1.82, 2.24) is 15.5 Å². The molecule has 0 bridgehead atoms. The smallest absolute Gasteiger partial charge is 0.321 e. The Morgan fingerprint density at radius 1 is 1.30 bits per heavy atom. The van der Waals surface area contributed by atoms with Gasteiger partial charge in [-0.05, 0) is 33.2 Å². The van der Waals surface area contributed by atoms with Crippen LogP contribution in [0, 0.1) is 5.92 Å². The summed E-state index contributed by atoms with van der Waals surface area (Å²) < 4.78 is 5.00. The molecule has 114 valence electrons. The van der Waals surface area contributed by atoms with Gasteiger partial charge in [-0.2, -0.15) is 0 Å². The highest BCUT2D eigenvalue weighted by atomic mass is 16.5. The number of likely N-dealkylation sites (tertiary alicyclic amines) is 1. The minimum atomic E-state index is -0.489. The van der Waals surface area contributed by atoms with Gasteiger partial charge in [0.25, 0.3) is 0 Å². The Bertz CT molecular complexity index is 360. The number of piperidine rings is 1. The van der Waals surface area contributed by atoms with E-state index in [1.54, 1.807) is 13.8 Å². The molecular formula is C13H23N3O4. The Morgan fingerprint density at radius 2 is 2.05 bits per heavy atom. The third-order valence-electron chi connectivity index (χ3n) is 3.08. The second kappa shape index (κ2) is 8.52. The molecule has 0 unspecified atom stereocenters. The zero-order valence-corrected chi connectivity index (χ0v) is 12.1. The Hall–Kier alpha value is -1.63. The minimum Gasteiger partial charge on any atom is -0.466 e. The van der Waals surface area contributed by atoms with Gasteiger partial charge in [-0.15, -0.1) is 0 Å². The van der Waals surface area contributed by atoms with Crippen LogP contribution in [0.5, 0.6) is 0 Å². The highest BCUT2D eigenvalue weighted by Crippen LogP contribution is 2.17. The molecule has 20 heavy (non-hydrogen) atoms. The molecule has 2 N–H and O–H groups in total. The quantitative estimate of drug-likeness (QED) is 0.700. The summed E-state index contributed by atoms with van der Waals surface area (Å²) in [4.78, 5) is 36.4. The number of nitrogens with one attached hydrogen (secondary N) is 2. The van der Waals surface area contributed by atoms with Gasteiger partial charge < -0.3 is 10.1 Å². The molecule has 3 amide bonds. The number of imide groups is 1. The Balaban J connectivity index is 2.38. The fourth-order valence-corrected chi connectivity index (χ4v) is 2.23. The third-order valence-corrected chi connectivity index (χ3v) is 3.08. The molecule has 0 aromatic carbocycles. The topological polar surface area (TPSA) is 87.7 Å². The number of rotatable bonds is 5. The zero-order chi connectivity index (χ0) is 15.0. The summed E-state index contributed by atoms with van der Waals surface area (Å²) in [6.45, 7) is 5.76. The summed E-state index contributed by atoms with van der Waals surface area (Å²) in [6.07, 6.45) is 1.63. The van der Waals surface area contributed by atoms with Crippen molar-refractivity contribution in [2.75, 3.05) is 32.8 Å². The van der Waals surface area contributed by atoms with Gasteiger partial charge >= 0.3 is 12.0 Å². The molecule has 1 saturated heterocycles. The van der Waals surface area contributed by atoms with Gasteiger partial charge in [0.2, 0.25) is 5.91 Å². The standard InChI is InChI=1S/C13H23N3O4/c1-3-14-13(19)15-11(17)9-16-7-5-6-10(8-16)12(18)20-4-2/h10H,3-9H2,1-2H3,(H2,14,15,17,19)/t10-/m1/s1. The molecule has 1 heterocycles. The molecule has 0 aromatic rings. The van der Waals surface area contributed by atoms with Crippen LogP contribution in [-0.4, -0.2) is 55.6 Å². The predicted molar refractivity (Wildman–Crippen MR) is 73.0 cm³/mol. The van der Waals surface area contributed by atoms with Crippen LogP contribution in [0.25, 0.3) is 0 Å². The summed E-state index contributed by atoms with van der Waals surface area (Å²) in [5, 5.41) is 4.74. The van der Waals surface area contributed by atoms with E-state index in [1.165, 1.54) is 0 Å². The summed E-state index contributed by atoms with van der Waals surface area (Å²) >= 11 is 0.